The predicted molar refractivity (Wildman–Crippen MR) is 70.4 cm³/mol. The van der Waals surface area contributed by atoms with Gasteiger partial charge in [0.2, 0.25) is 5.91 Å². The molecule has 9 heteroatoms. The lowest BCUT2D eigenvalue weighted by molar-refractivity contribution is -0.127. The van der Waals surface area contributed by atoms with E-state index in [1.807, 2.05) is 0 Å². The van der Waals surface area contributed by atoms with E-state index in [0.717, 1.165) is 6.07 Å². The van der Waals surface area contributed by atoms with E-state index in [-0.39, 0.29) is 17.9 Å². The van der Waals surface area contributed by atoms with Crippen LogP contribution in [0.1, 0.15) is 10.4 Å². The fourth-order valence-corrected chi connectivity index (χ4v) is 1.33. The van der Waals surface area contributed by atoms with Gasteiger partial charge in [-0.25, -0.2) is 4.79 Å². The van der Waals surface area contributed by atoms with Gasteiger partial charge in [0.15, 0.2) is 6.61 Å². The highest BCUT2D eigenvalue weighted by Crippen LogP contribution is 2.16. The van der Waals surface area contributed by atoms with Crippen molar-refractivity contribution < 1.29 is 32.6 Å². The predicted octanol–water partition coefficient (Wildman–Crippen LogP) is 0.307. The summed E-state index contributed by atoms with van der Waals surface area (Å²) in [6.07, 6.45) is 0. The summed E-state index contributed by atoms with van der Waals surface area (Å²) >= 11 is 0. The molecule has 0 fully saturated rings. The molecule has 1 rings (SSSR count). The molecule has 0 atom stereocenters. The van der Waals surface area contributed by atoms with Gasteiger partial charge in [0, 0.05) is 7.05 Å². The molecule has 1 aromatic carbocycles. The molecular weight excluding hydrogens is 302 g/mol. The number of hydrogen-bond donors (Lipinski definition) is 2. The maximum absolute atomic E-state index is 12.1. The van der Waals surface area contributed by atoms with Crippen molar-refractivity contribution in [2.24, 2.45) is 0 Å². The van der Waals surface area contributed by atoms with E-state index in [2.05, 4.69) is 15.4 Å². The summed E-state index contributed by atoms with van der Waals surface area (Å²) in [7, 11) is 1.41. The molecule has 1 aromatic rings. The molecule has 0 saturated carbocycles. The van der Waals surface area contributed by atoms with Crippen LogP contribution < -0.4 is 15.4 Å². The first kappa shape index (κ1) is 17.3. The highest BCUT2D eigenvalue weighted by molar-refractivity contribution is 5.92. The summed E-state index contributed by atoms with van der Waals surface area (Å²) in [5.41, 5.74) is -0.0442. The van der Waals surface area contributed by atoms with E-state index in [4.69, 9.17) is 4.74 Å². The van der Waals surface area contributed by atoms with Crippen molar-refractivity contribution in [1.82, 2.24) is 10.6 Å². The molecule has 120 valence electrons. The topological polar surface area (TPSA) is 93.7 Å². The molecule has 0 heterocycles. The quantitative estimate of drug-likeness (QED) is 0.706. The van der Waals surface area contributed by atoms with Gasteiger partial charge in [0.25, 0.3) is 5.91 Å². The van der Waals surface area contributed by atoms with Crippen LogP contribution in [-0.2, 0) is 14.3 Å². The average molecular weight is 316 g/mol. The Labute approximate surface area is 124 Å². The largest absolute Gasteiger partial charge is 0.452 e. The van der Waals surface area contributed by atoms with Crippen LogP contribution >= 0.6 is 0 Å². The third kappa shape index (κ3) is 6.16. The molecule has 2 amide bonds. The number of hydrogen-bond acceptors (Lipinski definition) is 5. The van der Waals surface area contributed by atoms with Gasteiger partial charge in [-0.3, -0.25) is 9.59 Å². The zero-order valence-electron chi connectivity index (χ0n) is 11.6. The number of rotatable bonds is 7. The van der Waals surface area contributed by atoms with Gasteiger partial charge >= 0.3 is 12.6 Å². The number of esters is 1. The average Bonchev–Trinajstić information content (AvgIpc) is 2.49. The van der Waals surface area contributed by atoms with E-state index in [1.165, 1.54) is 25.2 Å². The maximum Gasteiger partial charge on any atom is 0.387 e. The van der Waals surface area contributed by atoms with E-state index in [1.54, 1.807) is 0 Å². The molecular formula is C13H14F2N2O5. The summed E-state index contributed by atoms with van der Waals surface area (Å²) < 4.78 is 33.0. The number of amides is 2. The fraction of sp³-hybridized carbons (Fsp3) is 0.308. The van der Waals surface area contributed by atoms with Crippen molar-refractivity contribution in [2.75, 3.05) is 20.2 Å². The molecule has 0 spiro atoms. The van der Waals surface area contributed by atoms with Crippen molar-refractivity contribution >= 4 is 17.8 Å². The molecule has 0 aromatic heterocycles. The number of likely N-dealkylation sites (N-methyl/N-ethyl adjacent to an activating group) is 1. The van der Waals surface area contributed by atoms with Crippen LogP contribution in [0.3, 0.4) is 0 Å². The van der Waals surface area contributed by atoms with Crippen LogP contribution in [0.5, 0.6) is 5.75 Å². The molecule has 0 bridgehead atoms. The molecule has 0 radical (unpaired) electrons. The number of ether oxygens (including phenoxy) is 2. The van der Waals surface area contributed by atoms with Gasteiger partial charge in [-0.05, 0) is 18.2 Å². The lowest BCUT2D eigenvalue weighted by Crippen LogP contribution is -2.37. The summed E-state index contributed by atoms with van der Waals surface area (Å²) in [5, 5.41) is 4.52. The first-order chi connectivity index (χ1) is 10.4. The van der Waals surface area contributed by atoms with Crippen LogP contribution in [0.25, 0.3) is 0 Å². The molecule has 7 nitrogen and oxygen atoms in total. The molecule has 0 aliphatic heterocycles. The molecule has 0 aliphatic carbocycles. The maximum atomic E-state index is 12.1. The summed E-state index contributed by atoms with van der Waals surface area (Å²) in [6, 6.07) is 4.97. The van der Waals surface area contributed by atoms with Crippen LogP contribution in [0.2, 0.25) is 0 Å². The smallest absolute Gasteiger partial charge is 0.387 e. The Kier molecular flexibility index (Phi) is 6.74. The Morgan fingerprint density at radius 1 is 1.23 bits per heavy atom. The van der Waals surface area contributed by atoms with Crippen molar-refractivity contribution in [1.29, 1.82) is 0 Å². The van der Waals surface area contributed by atoms with Crippen molar-refractivity contribution in [3.05, 3.63) is 29.8 Å². The van der Waals surface area contributed by atoms with E-state index < -0.39 is 31.0 Å². The third-order valence-corrected chi connectivity index (χ3v) is 2.35. The number of nitrogens with one attached hydrogen (secondary N) is 2. The summed E-state index contributed by atoms with van der Waals surface area (Å²) in [5.74, 6) is -2.16. The number of carbonyl (C=O) groups is 3. The molecule has 0 saturated heterocycles. The first-order valence-corrected chi connectivity index (χ1v) is 6.11. The number of benzene rings is 1. The number of halogens is 2. The zero-order chi connectivity index (χ0) is 16.5. The molecule has 0 aliphatic rings. The van der Waals surface area contributed by atoms with Crippen molar-refractivity contribution in [3.8, 4) is 5.75 Å². The number of alkyl halides is 2. The van der Waals surface area contributed by atoms with Crippen LogP contribution in [0.4, 0.5) is 8.78 Å². The van der Waals surface area contributed by atoms with E-state index >= 15 is 0 Å². The standard InChI is InChI=1S/C13H14F2N2O5/c1-16-10(18)6-17-11(19)7-21-12(20)8-3-2-4-9(5-8)22-13(14)15/h2-5,13H,6-7H2,1H3,(H,16,18)(H,17,19). The monoisotopic (exact) mass is 316 g/mol. The van der Waals surface area contributed by atoms with Crippen LogP contribution in [0, 0.1) is 0 Å². The second kappa shape index (κ2) is 8.55. The normalized spacial score (nSPS) is 10.0. The van der Waals surface area contributed by atoms with Crippen molar-refractivity contribution in [2.45, 2.75) is 6.61 Å². The first-order valence-electron chi connectivity index (χ1n) is 6.11. The van der Waals surface area contributed by atoms with Crippen molar-refractivity contribution in [3.63, 3.8) is 0 Å². The zero-order valence-corrected chi connectivity index (χ0v) is 11.6. The lowest BCUT2D eigenvalue weighted by Gasteiger charge is -2.08. The van der Waals surface area contributed by atoms with Crippen LogP contribution in [-0.4, -0.2) is 44.6 Å². The lowest BCUT2D eigenvalue weighted by atomic mass is 10.2. The fourth-order valence-electron chi connectivity index (χ4n) is 1.33. The molecule has 0 unspecified atom stereocenters. The Morgan fingerprint density at radius 2 is 1.95 bits per heavy atom. The van der Waals surface area contributed by atoms with Gasteiger partial charge in [-0.1, -0.05) is 6.07 Å². The van der Waals surface area contributed by atoms with Gasteiger partial charge in [-0.2, -0.15) is 8.78 Å². The minimum Gasteiger partial charge on any atom is -0.452 e. The highest BCUT2D eigenvalue weighted by atomic mass is 19.3. The third-order valence-electron chi connectivity index (χ3n) is 2.35. The Morgan fingerprint density at radius 3 is 2.59 bits per heavy atom. The number of carbonyl (C=O) groups excluding carboxylic acids is 3. The van der Waals surface area contributed by atoms with E-state index in [0.29, 0.717) is 0 Å². The molecule has 22 heavy (non-hydrogen) atoms. The van der Waals surface area contributed by atoms with E-state index in [9.17, 15) is 23.2 Å². The van der Waals surface area contributed by atoms with Gasteiger partial charge < -0.3 is 20.1 Å². The SMILES string of the molecule is CNC(=O)CNC(=O)COC(=O)c1cccc(OC(F)F)c1. The minimum absolute atomic E-state index is 0.0442. The summed E-state index contributed by atoms with van der Waals surface area (Å²) in [4.78, 5) is 33.9. The highest BCUT2D eigenvalue weighted by Gasteiger charge is 2.13. The Bertz CT molecular complexity index is 551. The summed E-state index contributed by atoms with van der Waals surface area (Å²) in [6.45, 7) is -3.86. The molecule has 2 N–H and O–H groups in total. The second-order valence-corrected chi connectivity index (χ2v) is 3.93. The van der Waals surface area contributed by atoms with Gasteiger partial charge in [0.1, 0.15) is 5.75 Å². The Hall–Kier alpha value is -2.71. The second-order valence-electron chi connectivity index (χ2n) is 3.93. The van der Waals surface area contributed by atoms with Gasteiger partial charge in [-0.15, -0.1) is 0 Å². The minimum atomic E-state index is -3.01. The Balaban J connectivity index is 2.48. The van der Waals surface area contributed by atoms with Gasteiger partial charge in [0.05, 0.1) is 12.1 Å². The van der Waals surface area contributed by atoms with Crippen LogP contribution in [0.15, 0.2) is 24.3 Å².